The van der Waals surface area contributed by atoms with E-state index in [9.17, 15) is 22.8 Å². The Morgan fingerprint density at radius 1 is 1.20 bits per heavy atom. The van der Waals surface area contributed by atoms with Gasteiger partial charge in [-0.15, -0.1) is 11.3 Å². The van der Waals surface area contributed by atoms with Crippen LogP contribution >= 0.6 is 11.3 Å². The Morgan fingerprint density at radius 3 is 2.60 bits per heavy atom. The number of alkyl halides is 3. The molecular weight excluding hydrogens is 479 g/mol. The number of hydrogen-bond acceptors (Lipinski definition) is 7. The molecule has 1 aromatic carbocycles. The molecule has 0 spiro atoms. The number of carbonyl (C=O) groups excluding carboxylic acids is 2. The fourth-order valence-electron chi connectivity index (χ4n) is 4.22. The highest BCUT2D eigenvalue weighted by molar-refractivity contribution is 7.14. The maximum absolute atomic E-state index is 13.2. The number of ketones is 1. The first kappa shape index (κ1) is 24.9. The molecule has 0 saturated carbocycles. The van der Waals surface area contributed by atoms with Gasteiger partial charge < -0.3 is 9.64 Å². The third-order valence-corrected chi connectivity index (χ3v) is 7.07. The Labute approximate surface area is 205 Å². The van der Waals surface area contributed by atoms with Crippen LogP contribution in [0.15, 0.2) is 60.1 Å². The number of benzene rings is 1. The fraction of sp³-hybridized carbons (Fsp3) is 0.320. The lowest BCUT2D eigenvalue weighted by Crippen LogP contribution is -2.51. The van der Waals surface area contributed by atoms with Gasteiger partial charge in [0, 0.05) is 29.7 Å². The van der Waals surface area contributed by atoms with E-state index in [4.69, 9.17) is 4.74 Å². The molecule has 1 aliphatic heterocycles. The number of carbonyl (C=O) groups is 2. The average Bonchev–Trinajstić information content (AvgIpc) is 3.42. The summed E-state index contributed by atoms with van der Waals surface area (Å²) in [5.74, 6) is -0.241. The summed E-state index contributed by atoms with van der Waals surface area (Å²) in [4.78, 5) is 31.8. The summed E-state index contributed by atoms with van der Waals surface area (Å²) in [6, 6.07) is 13.4. The molecule has 4 rings (SSSR count). The number of nitrogens with zero attached hydrogens (tertiary/aromatic N) is 3. The number of pyridine rings is 1. The highest BCUT2D eigenvalue weighted by Gasteiger charge is 2.50. The minimum atomic E-state index is -4.49. The van der Waals surface area contributed by atoms with E-state index in [0.717, 1.165) is 33.9 Å². The van der Waals surface area contributed by atoms with Gasteiger partial charge in [-0.1, -0.05) is 30.3 Å². The minimum absolute atomic E-state index is 0.178. The Morgan fingerprint density at radius 2 is 1.94 bits per heavy atom. The van der Waals surface area contributed by atoms with E-state index >= 15 is 0 Å². The van der Waals surface area contributed by atoms with E-state index in [2.05, 4.69) is 4.98 Å². The van der Waals surface area contributed by atoms with E-state index in [0.29, 0.717) is 19.0 Å². The molecule has 1 aliphatic rings. The van der Waals surface area contributed by atoms with Crippen molar-refractivity contribution in [2.24, 2.45) is 0 Å². The Hall–Kier alpha value is -3.24. The fourth-order valence-corrected chi connectivity index (χ4v) is 5.17. The molecule has 0 radical (unpaired) electrons. The van der Waals surface area contributed by atoms with Crippen molar-refractivity contribution in [3.05, 3.63) is 76.8 Å². The first-order valence-corrected chi connectivity index (χ1v) is 11.8. The first-order valence-electron chi connectivity index (χ1n) is 10.9. The maximum Gasteiger partial charge on any atom is 0.417 e. The zero-order valence-electron chi connectivity index (χ0n) is 19.2. The lowest BCUT2D eigenvalue weighted by atomic mass is 9.91. The van der Waals surface area contributed by atoms with Gasteiger partial charge in [0.05, 0.1) is 17.2 Å². The number of halogens is 3. The van der Waals surface area contributed by atoms with Gasteiger partial charge in [0.15, 0.2) is 6.29 Å². The highest BCUT2D eigenvalue weighted by atomic mass is 32.1. The van der Waals surface area contributed by atoms with Crippen LogP contribution in [0.4, 0.5) is 18.2 Å². The maximum atomic E-state index is 13.2. The van der Waals surface area contributed by atoms with Gasteiger partial charge in [-0.3, -0.25) is 14.5 Å². The highest BCUT2D eigenvalue weighted by Crippen LogP contribution is 2.42. The molecule has 10 heteroatoms. The van der Waals surface area contributed by atoms with Gasteiger partial charge in [-0.25, -0.2) is 4.98 Å². The van der Waals surface area contributed by atoms with Crippen LogP contribution in [-0.4, -0.2) is 40.2 Å². The van der Waals surface area contributed by atoms with Crippen LogP contribution in [-0.2, 0) is 28.9 Å². The third-order valence-electron chi connectivity index (χ3n) is 6.10. The Bertz CT molecular complexity index is 1200. The van der Waals surface area contributed by atoms with Gasteiger partial charge in [0.2, 0.25) is 11.7 Å². The second-order valence-electron chi connectivity index (χ2n) is 8.83. The van der Waals surface area contributed by atoms with Crippen LogP contribution in [0.1, 0.15) is 30.5 Å². The van der Waals surface area contributed by atoms with Crippen LogP contribution in [0.5, 0.6) is 5.88 Å². The molecule has 1 saturated heterocycles. The van der Waals surface area contributed by atoms with Crippen molar-refractivity contribution in [3.63, 3.8) is 0 Å². The molecule has 0 aliphatic carbocycles. The molecule has 0 N–H and O–H groups in total. The molecule has 3 aromatic rings. The lowest BCUT2D eigenvalue weighted by molar-refractivity contribution is -0.137. The van der Waals surface area contributed by atoms with Gasteiger partial charge in [0.25, 0.3) is 0 Å². The monoisotopic (exact) mass is 503 g/mol. The van der Waals surface area contributed by atoms with Crippen LogP contribution in [0.25, 0.3) is 0 Å². The predicted molar refractivity (Wildman–Crippen MR) is 126 cm³/mol. The number of thiophene rings is 1. The normalized spacial score (nSPS) is 18.0. The summed E-state index contributed by atoms with van der Waals surface area (Å²) in [5, 5.41) is 1.31. The summed E-state index contributed by atoms with van der Waals surface area (Å²) in [6.45, 7) is 4.54. The SMILES string of the molecule is CC1(C)C(C(=O)C=O)N(c2cc(C(F)(F)F)cs2)CN1Cc1ccnc(OCc2ccccc2)c1. The zero-order valence-corrected chi connectivity index (χ0v) is 20.0. The molecule has 1 atom stereocenters. The van der Waals surface area contributed by atoms with Gasteiger partial charge in [-0.2, -0.15) is 13.2 Å². The molecule has 1 fully saturated rings. The van der Waals surface area contributed by atoms with Crippen molar-refractivity contribution in [1.29, 1.82) is 0 Å². The van der Waals surface area contributed by atoms with E-state index in [-0.39, 0.29) is 18.0 Å². The molecule has 1 unspecified atom stereocenters. The molecule has 0 amide bonds. The van der Waals surface area contributed by atoms with Gasteiger partial charge in [0.1, 0.15) is 12.6 Å². The van der Waals surface area contributed by atoms with E-state index < -0.39 is 29.1 Å². The predicted octanol–water partition coefficient (Wildman–Crippen LogP) is 4.94. The second kappa shape index (κ2) is 9.79. The van der Waals surface area contributed by atoms with Crippen LogP contribution in [0.3, 0.4) is 0 Å². The van der Waals surface area contributed by atoms with Crippen LogP contribution < -0.4 is 9.64 Å². The van der Waals surface area contributed by atoms with Crippen molar-refractivity contribution in [2.45, 2.75) is 44.8 Å². The van der Waals surface area contributed by atoms with Crippen molar-refractivity contribution in [1.82, 2.24) is 9.88 Å². The number of anilines is 1. The number of Topliss-reactive ketones (excluding diaryl/α,β-unsaturated/α-hetero) is 1. The molecule has 6 nitrogen and oxygen atoms in total. The topological polar surface area (TPSA) is 62.7 Å². The molecule has 35 heavy (non-hydrogen) atoms. The second-order valence-corrected chi connectivity index (χ2v) is 9.72. The summed E-state index contributed by atoms with van der Waals surface area (Å²) in [6.07, 6.45) is -2.62. The molecule has 184 valence electrons. The Balaban J connectivity index is 1.55. The summed E-state index contributed by atoms with van der Waals surface area (Å²) in [5.41, 5.74) is 0.257. The van der Waals surface area contributed by atoms with Gasteiger partial charge >= 0.3 is 6.18 Å². The smallest absolute Gasteiger partial charge is 0.417 e. The number of aromatic nitrogens is 1. The number of ether oxygens (including phenoxy) is 1. The summed E-state index contributed by atoms with van der Waals surface area (Å²) in [7, 11) is 0. The van der Waals surface area contributed by atoms with Gasteiger partial charge in [-0.05, 0) is 37.1 Å². The molecule has 2 aromatic heterocycles. The van der Waals surface area contributed by atoms with E-state index in [1.54, 1.807) is 17.2 Å². The van der Waals surface area contributed by atoms with Crippen molar-refractivity contribution < 1.29 is 27.5 Å². The molecular formula is C25H24F3N3O3S. The van der Waals surface area contributed by atoms with Crippen LogP contribution in [0, 0.1) is 0 Å². The van der Waals surface area contributed by atoms with Crippen LogP contribution in [0.2, 0.25) is 0 Å². The van der Waals surface area contributed by atoms with E-state index in [1.165, 1.54) is 0 Å². The largest absolute Gasteiger partial charge is 0.473 e. The first-order chi connectivity index (χ1) is 16.6. The number of aldehydes is 1. The van der Waals surface area contributed by atoms with E-state index in [1.807, 2.05) is 55.1 Å². The zero-order chi connectivity index (χ0) is 25.2. The summed E-state index contributed by atoms with van der Waals surface area (Å²) < 4.78 is 45.3. The third kappa shape index (κ3) is 5.38. The lowest BCUT2D eigenvalue weighted by Gasteiger charge is -2.34. The summed E-state index contributed by atoms with van der Waals surface area (Å²) >= 11 is 0.902. The van der Waals surface area contributed by atoms with Crippen molar-refractivity contribution >= 4 is 28.4 Å². The minimum Gasteiger partial charge on any atom is -0.473 e. The molecule has 3 heterocycles. The standard InChI is InChI=1S/C25H24F3N3O3S/c1-24(2)23(20(33)13-32)31(22-11-19(15-35-22)25(26,27)28)16-30(24)12-18-8-9-29-21(10-18)34-14-17-6-4-3-5-7-17/h3-11,13,15,23H,12,14,16H2,1-2H3. The number of hydrogen-bond donors (Lipinski definition) is 0. The Kier molecular flexibility index (Phi) is 6.95. The average molecular weight is 504 g/mol. The quantitative estimate of drug-likeness (QED) is 0.321. The van der Waals surface area contributed by atoms with Crippen molar-refractivity contribution in [3.8, 4) is 5.88 Å². The number of rotatable bonds is 8. The van der Waals surface area contributed by atoms with Crippen molar-refractivity contribution in [2.75, 3.05) is 11.6 Å². The molecule has 0 bridgehead atoms.